The fourth-order valence-electron chi connectivity index (χ4n) is 4.36. The Morgan fingerprint density at radius 3 is 2.45 bits per heavy atom. The molecule has 1 saturated heterocycles. The molecular formula is C31H29N3O4S2. The number of Topliss-reactive ketones (excluding diaryl/α,β-unsaturated/α-hetero) is 1. The van der Waals surface area contributed by atoms with Crippen molar-refractivity contribution in [1.29, 1.82) is 0 Å². The summed E-state index contributed by atoms with van der Waals surface area (Å²) in [5.74, 6) is 0.0465. The summed E-state index contributed by atoms with van der Waals surface area (Å²) in [6, 6.07) is 25.2. The fraction of sp³-hybridized carbons (Fsp3) is 0.226. The van der Waals surface area contributed by atoms with Crippen molar-refractivity contribution in [2.45, 2.75) is 36.4 Å². The van der Waals surface area contributed by atoms with Crippen LogP contribution >= 0.6 is 23.1 Å². The van der Waals surface area contributed by atoms with Gasteiger partial charge >= 0.3 is 5.91 Å². The summed E-state index contributed by atoms with van der Waals surface area (Å²) < 4.78 is 6.65. The van der Waals surface area contributed by atoms with Crippen LogP contribution < -0.4 is 9.64 Å². The number of anilines is 1. The van der Waals surface area contributed by atoms with Crippen LogP contribution in [0.3, 0.4) is 0 Å². The first-order valence-electron chi connectivity index (χ1n) is 13.0. The third-order valence-corrected chi connectivity index (χ3v) is 8.56. The van der Waals surface area contributed by atoms with E-state index in [1.165, 1.54) is 28.0 Å². The Morgan fingerprint density at radius 2 is 1.73 bits per heavy atom. The summed E-state index contributed by atoms with van der Waals surface area (Å²) in [6.07, 6.45) is 0.894. The van der Waals surface area contributed by atoms with Gasteiger partial charge in [0.15, 0.2) is 4.34 Å². The molecule has 1 aliphatic rings. The molecule has 2 heterocycles. The molecule has 5 rings (SSSR count). The van der Waals surface area contributed by atoms with Crippen LogP contribution in [-0.4, -0.2) is 33.6 Å². The minimum Gasteiger partial charge on any atom is -0.507 e. The second-order valence-electron chi connectivity index (χ2n) is 9.76. The molecule has 7 nitrogen and oxygen atoms in total. The van der Waals surface area contributed by atoms with Crippen molar-refractivity contribution in [2.75, 3.05) is 11.5 Å². The van der Waals surface area contributed by atoms with Crippen LogP contribution in [-0.2, 0) is 15.3 Å². The highest BCUT2D eigenvalue weighted by Gasteiger charge is 2.48. The minimum absolute atomic E-state index is 0.00391. The highest BCUT2D eigenvalue weighted by atomic mass is 32.2. The van der Waals surface area contributed by atoms with Gasteiger partial charge in [0, 0.05) is 11.3 Å². The zero-order valence-corrected chi connectivity index (χ0v) is 23.8. The van der Waals surface area contributed by atoms with Crippen LogP contribution in [0, 0.1) is 5.92 Å². The maximum Gasteiger partial charge on any atom is 0.301 e. The molecule has 4 aromatic rings. The van der Waals surface area contributed by atoms with Crippen molar-refractivity contribution >= 4 is 45.7 Å². The van der Waals surface area contributed by atoms with Crippen LogP contribution in [0.25, 0.3) is 5.76 Å². The van der Waals surface area contributed by atoms with Gasteiger partial charge in [-0.3, -0.25) is 14.5 Å². The third-order valence-electron chi connectivity index (χ3n) is 6.44. The van der Waals surface area contributed by atoms with E-state index in [2.05, 4.69) is 24.0 Å². The van der Waals surface area contributed by atoms with Crippen molar-refractivity contribution in [2.24, 2.45) is 5.92 Å². The van der Waals surface area contributed by atoms with E-state index in [9.17, 15) is 14.7 Å². The summed E-state index contributed by atoms with van der Waals surface area (Å²) >= 11 is 2.75. The number of ketones is 1. The molecule has 1 aromatic heterocycles. The van der Waals surface area contributed by atoms with Crippen LogP contribution in [0.5, 0.6) is 5.75 Å². The molecule has 1 unspecified atom stereocenters. The first-order valence-corrected chi connectivity index (χ1v) is 14.8. The zero-order valence-electron chi connectivity index (χ0n) is 22.2. The van der Waals surface area contributed by atoms with Gasteiger partial charge in [-0.2, -0.15) is 0 Å². The van der Waals surface area contributed by atoms with Crippen LogP contribution in [0.15, 0.2) is 94.8 Å². The first-order chi connectivity index (χ1) is 19.4. The maximum atomic E-state index is 13.5. The standard InChI is InChI=1S/C31H29N3O4S2/c1-20(2)16-17-38-24-15-9-14-23(18-24)26-25(27(35)22-12-7-4-8-13-22)28(36)29(37)34(26)30-32-33-31(40-30)39-19-21-10-5-3-6-11-21/h3-15,18,20,26,35H,16-17,19H2,1-2H3. The van der Waals surface area contributed by atoms with Gasteiger partial charge < -0.3 is 9.84 Å². The number of rotatable bonds is 10. The summed E-state index contributed by atoms with van der Waals surface area (Å²) in [7, 11) is 0. The number of thioether (sulfide) groups is 1. The van der Waals surface area contributed by atoms with Crippen molar-refractivity contribution in [3.8, 4) is 5.75 Å². The maximum absolute atomic E-state index is 13.5. The Morgan fingerprint density at radius 1 is 1.00 bits per heavy atom. The molecule has 3 aromatic carbocycles. The highest BCUT2D eigenvalue weighted by molar-refractivity contribution is 8.00. The van der Waals surface area contributed by atoms with E-state index in [4.69, 9.17) is 4.74 Å². The van der Waals surface area contributed by atoms with Gasteiger partial charge in [0.25, 0.3) is 5.78 Å². The number of carbonyl (C=O) groups is 2. The first kappa shape index (κ1) is 27.6. The van der Waals surface area contributed by atoms with Crippen molar-refractivity contribution in [3.05, 3.63) is 107 Å². The van der Waals surface area contributed by atoms with E-state index >= 15 is 0 Å². The molecule has 0 aliphatic carbocycles. The summed E-state index contributed by atoms with van der Waals surface area (Å²) in [5, 5.41) is 20.2. The normalized spacial score (nSPS) is 16.6. The van der Waals surface area contributed by atoms with Crippen LogP contribution in [0.2, 0.25) is 0 Å². The lowest BCUT2D eigenvalue weighted by Crippen LogP contribution is -2.29. The Labute approximate surface area is 241 Å². The van der Waals surface area contributed by atoms with E-state index in [1.807, 2.05) is 60.7 Å². The molecule has 1 amide bonds. The van der Waals surface area contributed by atoms with Crippen molar-refractivity contribution < 1.29 is 19.4 Å². The van der Waals surface area contributed by atoms with Crippen LogP contribution in [0.4, 0.5) is 5.13 Å². The van der Waals surface area contributed by atoms with Gasteiger partial charge in [-0.15, -0.1) is 10.2 Å². The molecule has 0 saturated carbocycles. The number of ether oxygens (including phenoxy) is 1. The molecule has 40 heavy (non-hydrogen) atoms. The number of aliphatic hydroxyl groups excluding tert-OH is 1. The van der Waals surface area contributed by atoms with E-state index in [0.29, 0.717) is 44.6 Å². The average molecular weight is 572 g/mol. The van der Waals surface area contributed by atoms with Gasteiger partial charge in [-0.1, -0.05) is 110 Å². The number of amides is 1. The summed E-state index contributed by atoms with van der Waals surface area (Å²) in [5.41, 5.74) is 2.23. The molecule has 0 radical (unpaired) electrons. The lowest BCUT2D eigenvalue weighted by molar-refractivity contribution is -0.132. The molecule has 1 aliphatic heterocycles. The third kappa shape index (κ3) is 6.11. The SMILES string of the molecule is CC(C)CCOc1cccc(C2C(=C(O)c3ccccc3)C(=O)C(=O)N2c2nnc(SCc3ccccc3)s2)c1. The summed E-state index contributed by atoms with van der Waals surface area (Å²) in [4.78, 5) is 28.3. The highest BCUT2D eigenvalue weighted by Crippen LogP contribution is 2.44. The molecule has 0 bridgehead atoms. The van der Waals surface area contributed by atoms with Crippen molar-refractivity contribution in [1.82, 2.24) is 10.2 Å². The topological polar surface area (TPSA) is 92.6 Å². The molecule has 1 N–H and O–H groups in total. The second kappa shape index (κ2) is 12.5. The van der Waals surface area contributed by atoms with Gasteiger partial charge in [0.1, 0.15) is 11.5 Å². The quantitative estimate of drug-likeness (QED) is 0.0729. The van der Waals surface area contributed by atoms with E-state index in [1.54, 1.807) is 24.3 Å². The number of carbonyl (C=O) groups excluding carboxylic acids is 2. The predicted molar refractivity (Wildman–Crippen MR) is 159 cm³/mol. The molecule has 1 fully saturated rings. The number of nitrogens with zero attached hydrogens (tertiary/aromatic N) is 3. The van der Waals surface area contributed by atoms with E-state index in [-0.39, 0.29) is 11.3 Å². The Bertz CT molecular complexity index is 1520. The van der Waals surface area contributed by atoms with E-state index in [0.717, 1.165) is 12.0 Å². The average Bonchev–Trinajstić information content (AvgIpc) is 3.54. The lowest BCUT2D eigenvalue weighted by atomic mass is 9.95. The Kier molecular flexibility index (Phi) is 8.62. The zero-order chi connectivity index (χ0) is 28.1. The second-order valence-corrected chi connectivity index (χ2v) is 11.9. The molecule has 0 spiro atoms. The number of benzene rings is 3. The monoisotopic (exact) mass is 571 g/mol. The molecular weight excluding hydrogens is 542 g/mol. The number of aromatic nitrogens is 2. The molecule has 1 atom stereocenters. The minimum atomic E-state index is -0.895. The lowest BCUT2D eigenvalue weighted by Gasteiger charge is -2.23. The molecule has 204 valence electrons. The largest absolute Gasteiger partial charge is 0.507 e. The number of aliphatic hydroxyl groups is 1. The van der Waals surface area contributed by atoms with Gasteiger partial charge in [-0.05, 0) is 35.6 Å². The molecule has 9 heteroatoms. The number of hydrogen-bond donors (Lipinski definition) is 1. The fourth-order valence-corrected chi connectivity index (χ4v) is 6.18. The Hall–Kier alpha value is -3.95. The van der Waals surface area contributed by atoms with Crippen LogP contribution in [0.1, 0.15) is 43.0 Å². The summed E-state index contributed by atoms with van der Waals surface area (Å²) in [6.45, 7) is 4.81. The smallest absolute Gasteiger partial charge is 0.301 e. The Balaban J connectivity index is 1.52. The van der Waals surface area contributed by atoms with Gasteiger partial charge in [0.2, 0.25) is 5.13 Å². The van der Waals surface area contributed by atoms with E-state index < -0.39 is 17.7 Å². The van der Waals surface area contributed by atoms with Gasteiger partial charge in [0.05, 0.1) is 18.2 Å². The van der Waals surface area contributed by atoms with Crippen molar-refractivity contribution in [3.63, 3.8) is 0 Å². The van der Waals surface area contributed by atoms with Gasteiger partial charge in [-0.25, -0.2) is 0 Å². The number of hydrogen-bond acceptors (Lipinski definition) is 8. The predicted octanol–water partition coefficient (Wildman–Crippen LogP) is 6.88.